The van der Waals surface area contributed by atoms with Gasteiger partial charge < -0.3 is 9.47 Å². The van der Waals surface area contributed by atoms with Crippen LogP contribution in [0.3, 0.4) is 0 Å². The lowest BCUT2D eigenvalue weighted by atomic mass is 10.1. The fourth-order valence-corrected chi connectivity index (χ4v) is 3.36. The van der Waals surface area contributed by atoms with E-state index in [1.165, 1.54) is 7.11 Å². The Balaban J connectivity index is 1.94. The van der Waals surface area contributed by atoms with Crippen LogP contribution in [0.25, 0.3) is 0 Å². The summed E-state index contributed by atoms with van der Waals surface area (Å²) in [7, 11) is -2.34. The molecule has 1 heterocycles. The fraction of sp³-hybridized carbons (Fsp3) is 0.600. The van der Waals surface area contributed by atoms with E-state index in [9.17, 15) is 8.42 Å². The summed E-state index contributed by atoms with van der Waals surface area (Å²) in [6.45, 7) is 7.75. The molecule has 2 rings (SSSR count). The predicted octanol–water partition coefficient (Wildman–Crippen LogP) is 0.854. The number of rotatable bonds is 7. The fourth-order valence-electron chi connectivity index (χ4n) is 2.30. The van der Waals surface area contributed by atoms with E-state index in [1.807, 2.05) is 13.8 Å². The number of nitrogens with zero attached hydrogens (tertiary/aromatic N) is 1. The average molecular weight is 344 g/mol. The molecule has 0 atom stereocenters. The van der Waals surface area contributed by atoms with Crippen molar-refractivity contribution in [1.29, 1.82) is 0 Å². The predicted molar refractivity (Wildman–Crippen MR) is 86.0 cm³/mol. The van der Waals surface area contributed by atoms with Crippen LogP contribution in [0.4, 0.5) is 0 Å². The summed E-state index contributed by atoms with van der Waals surface area (Å²) in [5, 5.41) is 0. The van der Waals surface area contributed by atoms with Crippen LogP contribution >= 0.6 is 0 Å². The van der Waals surface area contributed by atoms with E-state index in [1.54, 1.807) is 12.1 Å². The van der Waals surface area contributed by atoms with Crippen molar-refractivity contribution in [2.45, 2.75) is 18.7 Å². The van der Waals surface area contributed by atoms with Gasteiger partial charge in [-0.05, 0) is 37.1 Å². The van der Waals surface area contributed by atoms with E-state index in [0.717, 1.165) is 24.2 Å². The number of ether oxygens (including phenoxy) is 2. The van der Waals surface area contributed by atoms with Gasteiger partial charge in [-0.3, -0.25) is 9.74 Å². The zero-order valence-electron chi connectivity index (χ0n) is 13.8. The molecule has 0 radical (unpaired) electrons. The third kappa shape index (κ3) is 4.89. The second kappa shape index (κ2) is 8.07. The summed E-state index contributed by atoms with van der Waals surface area (Å²) in [6.07, 6.45) is 0. The van der Waals surface area contributed by atoms with Gasteiger partial charge in [-0.15, -0.1) is 0 Å². The second-order valence-corrected chi connectivity index (χ2v) is 7.09. The van der Waals surface area contributed by atoms with Crippen LogP contribution in [-0.2, 0) is 19.6 Å². The minimum Gasteiger partial charge on any atom is -0.495 e. The minimum absolute atomic E-state index is 0.0782. The lowest BCUT2D eigenvalue weighted by Gasteiger charge is -2.26. The quantitative estimate of drug-likeness (QED) is 0.584. The van der Waals surface area contributed by atoms with Crippen molar-refractivity contribution in [3.05, 3.63) is 23.3 Å². The molecule has 8 heteroatoms. The van der Waals surface area contributed by atoms with Crippen LogP contribution in [0, 0.1) is 13.8 Å². The third-order valence-electron chi connectivity index (χ3n) is 3.85. The highest BCUT2D eigenvalue weighted by Crippen LogP contribution is 2.27. The van der Waals surface area contributed by atoms with Gasteiger partial charge in [0.2, 0.25) is 0 Å². The Bertz CT molecular complexity index is 627. The van der Waals surface area contributed by atoms with Gasteiger partial charge in [-0.25, -0.2) is 8.42 Å². The molecular weight excluding hydrogens is 320 g/mol. The van der Waals surface area contributed by atoms with Crippen LogP contribution in [0.5, 0.6) is 5.75 Å². The van der Waals surface area contributed by atoms with Crippen LogP contribution in [-0.4, -0.2) is 59.9 Å². The maximum absolute atomic E-state index is 12.4. The summed E-state index contributed by atoms with van der Waals surface area (Å²) in [4.78, 5) is 9.56. The number of aryl methyl sites for hydroxylation is 2. The number of morpholine rings is 1. The van der Waals surface area contributed by atoms with Gasteiger partial charge in [0.1, 0.15) is 10.6 Å². The Morgan fingerprint density at radius 1 is 1.22 bits per heavy atom. The summed E-state index contributed by atoms with van der Waals surface area (Å²) in [6, 6.07) is 3.29. The number of hydrogen-bond acceptors (Lipinski definition) is 6. The molecule has 7 nitrogen and oxygen atoms in total. The first-order valence-corrected chi connectivity index (χ1v) is 9.01. The number of methoxy groups -OCH3 is 1. The highest BCUT2D eigenvalue weighted by Gasteiger charge is 2.21. The first kappa shape index (κ1) is 18.2. The molecule has 1 fully saturated rings. The number of nitrogens with one attached hydrogen (secondary N) is 1. The maximum Gasteiger partial charge on any atom is 0.266 e. The van der Waals surface area contributed by atoms with E-state index < -0.39 is 10.0 Å². The highest BCUT2D eigenvalue weighted by atomic mass is 32.2. The Hall–Kier alpha value is -1.19. The summed E-state index contributed by atoms with van der Waals surface area (Å²) in [5.41, 5.74) is 1.84. The lowest BCUT2D eigenvalue weighted by Crippen LogP contribution is -2.39. The van der Waals surface area contributed by atoms with Gasteiger partial charge in [0.15, 0.2) is 0 Å². The van der Waals surface area contributed by atoms with Gasteiger partial charge in [0.25, 0.3) is 10.0 Å². The SMILES string of the molecule is COc1cc(C)c(C)cc1S(=O)(=O)NOCCN1CCOCC1. The van der Waals surface area contributed by atoms with Gasteiger partial charge in [-0.1, -0.05) is 4.89 Å². The molecular formula is C15H24N2O5S. The molecule has 0 spiro atoms. The number of hydrogen-bond donors (Lipinski definition) is 1. The maximum atomic E-state index is 12.4. The van der Waals surface area contributed by atoms with E-state index >= 15 is 0 Å². The third-order valence-corrected chi connectivity index (χ3v) is 5.09. The van der Waals surface area contributed by atoms with Crippen LogP contribution in [0.2, 0.25) is 0 Å². The van der Waals surface area contributed by atoms with Gasteiger partial charge in [-0.2, -0.15) is 0 Å². The van der Waals surface area contributed by atoms with Crippen molar-refractivity contribution in [3.63, 3.8) is 0 Å². The molecule has 1 N–H and O–H groups in total. The van der Waals surface area contributed by atoms with Crippen molar-refractivity contribution in [2.24, 2.45) is 0 Å². The molecule has 0 aromatic heterocycles. The van der Waals surface area contributed by atoms with E-state index in [4.69, 9.17) is 14.3 Å². The molecule has 0 amide bonds. The molecule has 1 aliphatic heterocycles. The van der Waals surface area contributed by atoms with Crippen molar-refractivity contribution < 1.29 is 22.7 Å². The van der Waals surface area contributed by atoms with Crippen molar-refractivity contribution in [1.82, 2.24) is 9.79 Å². The normalized spacial score (nSPS) is 16.5. The van der Waals surface area contributed by atoms with E-state index in [2.05, 4.69) is 9.79 Å². The Labute approximate surface area is 137 Å². The van der Waals surface area contributed by atoms with Gasteiger partial charge in [0.05, 0.1) is 26.9 Å². The zero-order chi connectivity index (χ0) is 16.9. The monoisotopic (exact) mass is 344 g/mol. The van der Waals surface area contributed by atoms with Crippen LogP contribution in [0.15, 0.2) is 17.0 Å². The molecule has 23 heavy (non-hydrogen) atoms. The number of sulfonamides is 1. The lowest BCUT2D eigenvalue weighted by molar-refractivity contribution is 0.0125. The van der Waals surface area contributed by atoms with Crippen molar-refractivity contribution in [2.75, 3.05) is 46.6 Å². The molecule has 0 bridgehead atoms. The molecule has 130 valence electrons. The van der Waals surface area contributed by atoms with Crippen molar-refractivity contribution in [3.8, 4) is 5.75 Å². The molecule has 0 saturated carbocycles. The van der Waals surface area contributed by atoms with E-state index in [0.29, 0.717) is 25.5 Å². The van der Waals surface area contributed by atoms with Crippen molar-refractivity contribution >= 4 is 10.0 Å². The highest BCUT2D eigenvalue weighted by molar-refractivity contribution is 7.89. The zero-order valence-corrected chi connectivity index (χ0v) is 14.6. The first-order chi connectivity index (χ1) is 10.9. The summed E-state index contributed by atoms with van der Waals surface area (Å²) in [5.74, 6) is 0.303. The molecule has 1 saturated heterocycles. The Morgan fingerprint density at radius 2 is 1.87 bits per heavy atom. The van der Waals surface area contributed by atoms with E-state index in [-0.39, 0.29) is 11.5 Å². The van der Waals surface area contributed by atoms with Crippen LogP contribution < -0.4 is 9.62 Å². The Morgan fingerprint density at radius 3 is 2.52 bits per heavy atom. The number of benzene rings is 1. The first-order valence-electron chi connectivity index (χ1n) is 7.53. The minimum atomic E-state index is -3.79. The molecule has 1 aromatic carbocycles. The smallest absolute Gasteiger partial charge is 0.266 e. The molecule has 0 unspecified atom stereocenters. The summed E-state index contributed by atoms with van der Waals surface area (Å²) >= 11 is 0. The summed E-state index contributed by atoms with van der Waals surface area (Å²) < 4.78 is 35.2. The standard InChI is InChI=1S/C15H24N2O5S/c1-12-10-14(20-3)15(11-13(12)2)23(18,19)16-22-9-6-17-4-7-21-8-5-17/h10-11,16H,4-9H2,1-3H3. The van der Waals surface area contributed by atoms with Crippen LogP contribution in [0.1, 0.15) is 11.1 Å². The molecule has 1 aromatic rings. The second-order valence-electron chi connectivity index (χ2n) is 5.48. The molecule has 1 aliphatic rings. The van der Waals surface area contributed by atoms with Gasteiger partial charge in [0, 0.05) is 19.6 Å². The molecule has 0 aliphatic carbocycles. The largest absolute Gasteiger partial charge is 0.495 e. The Kier molecular flexibility index (Phi) is 6.37. The van der Waals surface area contributed by atoms with Gasteiger partial charge >= 0.3 is 0 Å². The average Bonchev–Trinajstić information content (AvgIpc) is 2.54. The topological polar surface area (TPSA) is 77.1 Å².